The summed E-state index contributed by atoms with van der Waals surface area (Å²) in [5.74, 6) is 2.34. The van der Waals surface area contributed by atoms with Gasteiger partial charge in [0.05, 0.1) is 0 Å². The summed E-state index contributed by atoms with van der Waals surface area (Å²) in [6, 6.07) is 14.7. The first-order valence-electron chi connectivity index (χ1n) is 7.12. The van der Waals surface area contributed by atoms with Gasteiger partial charge < -0.3 is 10.1 Å². The molecule has 0 saturated heterocycles. The van der Waals surface area contributed by atoms with Crippen LogP contribution >= 0.6 is 0 Å². The van der Waals surface area contributed by atoms with Gasteiger partial charge in [0.1, 0.15) is 11.5 Å². The second-order valence-electron chi connectivity index (χ2n) is 5.46. The Morgan fingerprint density at radius 2 is 1.90 bits per heavy atom. The summed E-state index contributed by atoms with van der Waals surface area (Å²) in [5.41, 5.74) is 3.68. The number of hydrogen-bond acceptors (Lipinski definition) is 2. The molecule has 0 aliphatic rings. The molecule has 0 amide bonds. The van der Waals surface area contributed by atoms with E-state index in [-0.39, 0.29) is 0 Å². The molecule has 2 aromatic rings. The highest BCUT2D eigenvalue weighted by molar-refractivity contribution is 5.41. The topological polar surface area (TPSA) is 21.3 Å². The molecule has 0 atom stereocenters. The molecule has 0 spiro atoms. The first kappa shape index (κ1) is 14.6. The van der Waals surface area contributed by atoms with Gasteiger partial charge in [-0.15, -0.1) is 0 Å². The highest BCUT2D eigenvalue weighted by Crippen LogP contribution is 2.28. The number of nitrogens with one attached hydrogen (secondary N) is 1. The van der Waals surface area contributed by atoms with Crippen LogP contribution in [0.1, 0.15) is 36.5 Å². The molecule has 0 aromatic heterocycles. The van der Waals surface area contributed by atoms with Crippen LogP contribution in [0.25, 0.3) is 0 Å². The highest BCUT2D eigenvalue weighted by Gasteiger charge is 2.05. The molecule has 2 rings (SSSR count). The van der Waals surface area contributed by atoms with Crippen molar-refractivity contribution in [1.82, 2.24) is 5.32 Å². The molecule has 2 nitrogen and oxygen atoms in total. The number of benzene rings is 2. The summed E-state index contributed by atoms with van der Waals surface area (Å²) in [5, 5.41) is 3.16. The third-order valence-electron chi connectivity index (χ3n) is 3.39. The number of rotatable bonds is 5. The quantitative estimate of drug-likeness (QED) is 0.854. The minimum atomic E-state index is 0.510. The van der Waals surface area contributed by atoms with Gasteiger partial charge in [0, 0.05) is 6.54 Å². The zero-order valence-electron chi connectivity index (χ0n) is 12.7. The van der Waals surface area contributed by atoms with Crippen LogP contribution in [0, 0.1) is 6.92 Å². The molecular weight excluding hydrogens is 246 g/mol. The fraction of sp³-hybridized carbons (Fsp3) is 0.333. The molecule has 20 heavy (non-hydrogen) atoms. The van der Waals surface area contributed by atoms with Gasteiger partial charge in [0.2, 0.25) is 0 Å². The van der Waals surface area contributed by atoms with Crippen molar-refractivity contribution in [1.29, 1.82) is 0 Å². The van der Waals surface area contributed by atoms with E-state index in [0.717, 1.165) is 23.6 Å². The summed E-state index contributed by atoms with van der Waals surface area (Å²) in [6.45, 7) is 7.31. The predicted molar refractivity (Wildman–Crippen MR) is 84.5 cm³/mol. The van der Waals surface area contributed by atoms with E-state index >= 15 is 0 Å². The maximum Gasteiger partial charge on any atom is 0.130 e. The third-order valence-corrected chi connectivity index (χ3v) is 3.39. The van der Waals surface area contributed by atoms with Crippen molar-refractivity contribution in [3.63, 3.8) is 0 Å². The maximum absolute atomic E-state index is 6.06. The summed E-state index contributed by atoms with van der Waals surface area (Å²) in [7, 11) is 1.95. The van der Waals surface area contributed by atoms with Crippen LogP contribution in [0.15, 0.2) is 42.5 Å². The third kappa shape index (κ3) is 3.61. The SMILES string of the molecule is CNCc1ccc(C)c(Oc2cccc(C(C)C)c2)c1. The fourth-order valence-electron chi connectivity index (χ4n) is 2.13. The van der Waals surface area contributed by atoms with Gasteiger partial charge in [-0.25, -0.2) is 0 Å². The van der Waals surface area contributed by atoms with Crippen molar-refractivity contribution in [2.45, 2.75) is 33.2 Å². The summed E-state index contributed by atoms with van der Waals surface area (Å²) in [4.78, 5) is 0. The molecule has 0 radical (unpaired) electrons. The van der Waals surface area contributed by atoms with Gasteiger partial charge in [-0.05, 0) is 54.8 Å². The molecule has 1 N–H and O–H groups in total. The Morgan fingerprint density at radius 3 is 2.60 bits per heavy atom. The second-order valence-corrected chi connectivity index (χ2v) is 5.46. The summed E-state index contributed by atoms with van der Waals surface area (Å²) >= 11 is 0. The van der Waals surface area contributed by atoms with Crippen LogP contribution in [0.5, 0.6) is 11.5 Å². The Kier molecular flexibility index (Phi) is 4.80. The van der Waals surface area contributed by atoms with Crippen LogP contribution in [0.3, 0.4) is 0 Å². The second kappa shape index (κ2) is 6.58. The highest BCUT2D eigenvalue weighted by atomic mass is 16.5. The standard InChI is InChI=1S/C18H23NO/c1-13(2)16-6-5-7-17(11-16)20-18-10-15(12-19-4)9-8-14(18)3/h5-11,13,19H,12H2,1-4H3. The Hall–Kier alpha value is -1.80. The minimum Gasteiger partial charge on any atom is -0.457 e. The average Bonchev–Trinajstić information content (AvgIpc) is 2.43. The normalized spacial score (nSPS) is 10.8. The summed E-state index contributed by atoms with van der Waals surface area (Å²) < 4.78 is 6.06. The lowest BCUT2D eigenvalue weighted by Crippen LogP contribution is -2.05. The van der Waals surface area contributed by atoms with Crippen molar-refractivity contribution in [3.8, 4) is 11.5 Å². The van der Waals surface area contributed by atoms with Crippen molar-refractivity contribution < 1.29 is 4.74 Å². The molecule has 0 heterocycles. The number of hydrogen-bond donors (Lipinski definition) is 1. The molecule has 0 fully saturated rings. The van der Waals surface area contributed by atoms with Gasteiger partial charge >= 0.3 is 0 Å². The van der Waals surface area contributed by atoms with Crippen molar-refractivity contribution in [2.75, 3.05) is 7.05 Å². The molecule has 0 saturated carbocycles. The van der Waals surface area contributed by atoms with E-state index in [0.29, 0.717) is 5.92 Å². The average molecular weight is 269 g/mol. The van der Waals surface area contributed by atoms with Crippen molar-refractivity contribution >= 4 is 0 Å². The van der Waals surface area contributed by atoms with E-state index in [1.807, 2.05) is 13.1 Å². The zero-order chi connectivity index (χ0) is 14.5. The molecule has 2 aromatic carbocycles. The molecular formula is C18H23NO. The van der Waals surface area contributed by atoms with E-state index in [1.54, 1.807) is 0 Å². The lowest BCUT2D eigenvalue weighted by Gasteiger charge is -2.12. The minimum absolute atomic E-state index is 0.510. The molecule has 0 aliphatic carbocycles. The Bertz CT molecular complexity index is 575. The largest absolute Gasteiger partial charge is 0.457 e. The van der Waals surface area contributed by atoms with Crippen LogP contribution in [-0.4, -0.2) is 7.05 Å². The van der Waals surface area contributed by atoms with E-state index in [1.165, 1.54) is 11.1 Å². The molecule has 0 aliphatic heterocycles. The smallest absolute Gasteiger partial charge is 0.130 e. The Morgan fingerprint density at radius 1 is 1.10 bits per heavy atom. The Labute approximate surface area is 121 Å². The lowest BCUT2D eigenvalue weighted by molar-refractivity contribution is 0.477. The zero-order valence-corrected chi connectivity index (χ0v) is 12.7. The van der Waals surface area contributed by atoms with Gasteiger partial charge in [0.15, 0.2) is 0 Å². The molecule has 0 unspecified atom stereocenters. The van der Waals surface area contributed by atoms with Crippen LogP contribution in [0.2, 0.25) is 0 Å². The number of aryl methyl sites for hydroxylation is 1. The van der Waals surface area contributed by atoms with Crippen molar-refractivity contribution in [3.05, 3.63) is 59.2 Å². The number of ether oxygens (including phenoxy) is 1. The van der Waals surface area contributed by atoms with E-state index < -0.39 is 0 Å². The van der Waals surface area contributed by atoms with Gasteiger partial charge in [0.25, 0.3) is 0 Å². The van der Waals surface area contributed by atoms with E-state index in [4.69, 9.17) is 4.74 Å². The van der Waals surface area contributed by atoms with Gasteiger partial charge in [-0.2, -0.15) is 0 Å². The van der Waals surface area contributed by atoms with Crippen LogP contribution in [0.4, 0.5) is 0 Å². The first-order chi connectivity index (χ1) is 9.60. The van der Waals surface area contributed by atoms with E-state index in [2.05, 4.69) is 62.5 Å². The predicted octanol–water partition coefficient (Wildman–Crippen LogP) is 4.63. The molecule has 106 valence electrons. The van der Waals surface area contributed by atoms with Crippen molar-refractivity contribution in [2.24, 2.45) is 0 Å². The molecule has 0 bridgehead atoms. The first-order valence-corrected chi connectivity index (χ1v) is 7.12. The van der Waals surface area contributed by atoms with Gasteiger partial charge in [-0.3, -0.25) is 0 Å². The van der Waals surface area contributed by atoms with E-state index in [9.17, 15) is 0 Å². The Balaban J connectivity index is 2.24. The maximum atomic E-state index is 6.06. The van der Waals surface area contributed by atoms with Gasteiger partial charge in [-0.1, -0.05) is 38.1 Å². The fourth-order valence-corrected chi connectivity index (χ4v) is 2.13. The molecule has 2 heteroatoms. The lowest BCUT2D eigenvalue weighted by atomic mass is 10.0. The monoisotopic (exact) mass is 269 g/mol. The summed E-state index contributed by atoms with van der Waals surface area (Å²) in [6.07, 6.45) is 0. The van der Waals surface area contributed by atoms with Crippen LogP contribution in [-0.2, 0) is 6.54 Å². The van der Waals surface area contributed by atoms with Crippen LogP contribution < -0.4 is 10.1 Å².